The van der Waals surface area contributed by atoms with Crippen LogP contribution in [-0.4, -0.2) is 18.5 Å². The predicted octanol–water partition coefficient (Wildman–Crippen LogP) is 3.68. The van der Waals surface area contributed by atoms with Crippen LogP contribution in [0.15, 0.2) is 0 Å². The molecule has 0 fully saturated rings. The van der Waals surface area contributed by atoms with Gasteiger partial charge in [0, 0.05) is 0 Å². The smallest absolute Gasteiger partial charge is 0.0355 e. The standard InChI is InChI=1S/C6H15P.2BrH/c1-4-7(5-2)6-3;;/h4-6H2,1-3H3;2*1H. The Morgan fingerprint density at radius 1 is 0.778 bits per heavy atom. The van der Waals surface area contributed by atoms with Gasteiger partial charge in [-0.15, -0.1) is 41.9 Å². The van der Waals surface area contributed by atoms with E-state index < -0.39 is 0 Å². The summed E-state index contributed by atoms with van der Waals surface area (Å²) in [6, 6.07) is 0. The number of halogens is 2. The third kappa shape index (κ3) is 9.39. The zero-order valence-electron chi connectivity index (χ0n) is 6.39. The summed E-state index contributed by atoms with van der Waals surface area (Å²) in [5.74, 6) is 0. The molecule has 0 aliphatic rings. The maximum Gasteiger partial charge on any atom is -0.0355 e. The van der Waals surface area contributed by atoms with Crippen LogP contribution in [0.3, 0.4) is 0 Å². The zero-order valence-corrected chi connectivity index (χ0v) is 10.7. The van der Waals surface area contributed by atoms with Crippen LogP contribution in [0.4, 0.5) is 0 Å². The lowest BCUT2D eigenvalue weighted by Gasteiger charge is -2.07. The maximum atomic E-state index is 2.29. The molecule has 0 amide bonds. The molecule has 0 N–H and O–H groups in total. The molecule has 60 valence electrons. The minimum Gasteiger partial charge on any atom is -0.114 e. The predicted molar refractivity (Wildman–Crippen MR) is 59.2 cm³/mol. The first-order chi connectivity index (χ1) is 3.35. The van der Waals surface area contributed by atoms with Gasteiger partial charge < -0.3 is 0 Å². The van der Waals surface area contributed by atoms with Gasteiger partial charge in [0.05, 0.1) is 0 Å². The quantitative estimate of drug-likeness (QED) is 0.692. The van der Waals surface area contributed by atoms with Crippen molar-refractivity contribution >= 4 is 41.9 Å². The summed E-state index contributed by atoms with van der Waals surface area (Å²) < 4.78 is 0. The van der Waals surface area contributed by atoms with Crippen LogP contribution in [0.2, 0.25) is 0 Å². The van der Waals surface area contributed by atoms with Gasteiger partial charge in [0.1, 0.15) is 0 Å². The molecule has 9 heavy (non-hydrogen) atoms. The van der Waals surface area contributed by atoms with Gasteiger partial charge in [-0.2, -0.15) is 0 Å². The van der Waals surface area contributed by atoms with Crippen LogP contribution in [0, 0.1) is 0 Å². The van der Waals surface area contributed by atoms with E-state index in [0.29, 0.717) is 7.92 Å². The molecule has 0 unspecified atom stereocenters. The molecule has 0 bridgehead atoms. The highest BCUT2D eigenvalue weighted by molar-refractivity contribution is 8.93. The first kappa shape index (κ1) is 16.8. The molecule has 0 aromatic rings. The van der Waals surface area contributed by atoms with Gasteiger partial charge in [-0.25, -0.2) is 0 Å². The van der Waals surface area contributed by atoms with Crippen LogP contribution in [0.25, 0.3) is 0 Å². The van der Waals surface area contributed by atoms with E-state index in [1.165, 1.54) is 18.5 Å². The fourth-order valence-electron chi connectivity index (χ4n) is 0.671. The zero-order chi connectivity index (χ0) is 5.70. The van der Waals surface area contributed by atoms with Crippen molar-refractivity contribution < 1.29 is 0 Å². The molecule has 0 nitrogen and oxygen atoms in total. The summed E-state index contributed by atoms with van der Waals surface area (Å²) in [5, 5.41) is 0. The molecule has 0 rings (SSSR count). The summed E-state index contributed by atoms with van der Waals surface area (Å²) in [6.45, 7) is 6.87. The van der Waals surface area contributed by atoms with Crippen molar-refractivity contribution in [1.82, 2.24) is 0 Å². The fourth-order valence-corrected chi connectivity index (χ4v) is 2.01. The summed E-state index contributed by atoms with van der Waals surface area (Å²) >= 11 is 0. The molecular weight excluding hydrogens is 263 g/mol. The molecule has 0 aliphatic carbocycles. The van der Waals surface area contributed by atoms with E-state index in [-0.39, 0.29) is 34.0 Å². The Bertz CT molecular complexity index is 32.5. The van der Waals surface area contributed by atoms with Crippen LogP contribution >= 0.6 is 41.9 Å². The second kappa shape index (κ2) is 12.1. The molecule has 0 atom stereocenters. The fraction of sp³-hybridized carbons (Fsp3) is 1.00. The largest absolute Gasteiger partial charge is 0.114 e. The lowest BCUT2D eigenvalue weighted by Crippen LogP contribution is -1.83. The van der Waals surface area contributed by atoms with E-state index in [0.717, 1.165) is 0 Å². The van der Waals surface area contributed by atoms with Gasteiger partial charge in [-0.3, -0.25) is 0 Å². The lowest BCUT2D eigenvalue weighted by molar-refractivity contribution is 1.35. The summed E-state index contributed by atoms with van der Waals surface area (Å²) in [7, 11) is 0.446. The Morgan fingerprint density at radius 2 is 1.00 bits per heavy atom. The van der Waals surface area contributed by atoms with Crippen LogP contribution in [-0.2, 0) is 0 Å². The van der Waals surface area contributed by atoms with Gasteiger partial charge >= 0.3 is 0 Å². The third-order valence-corrected chi connectivity index (χ3v) is 4.02. The molecular formula is C6H17Br2P. The van der Waals surface area contributed by atoms with Gasteiger partial charge in [-0.1, -0.05) is 20.8 Å². The molecule has 0 saturated heterocycles. The Labute approximate surface area is 81.1 Å². The van der Waals surface area contributed by atoms with Crippen molar-refractivity contribution in [3.63, 3.8) is 0 Å². The van der Waals surface area contributed by atoms with Crippen LogP contribution in [0.1, 0.15) is 20.8 Å². The molecule has 0 heterocycles. The average molecular weight is 280 g/mol. The van der Waals surface area contributed by atoms with E-state index in [2.05, 4.69) is 20.8 Å². The highest BCUT2D eigenvalue weighted by Crippen LogP contribution is 2.32. The van der Waals surface area contributed by atoms with Gasteiger partial charge in [0.2, 0.25) is 0 Å². The maximum absolute atomic E-state index is 2.29. The van der Waals surface area contributed by atoms with Crippen molar-refractivity contribution in [3.05, 3.63) is 0 Å². The lowest BCUT2D eigenvalue weighted by atomic mass is 10.9. The van der Waals surface area contributed by atoms with E-state index in [1.807, 2.05) is 0 Å². The summed E-state index contributed by atoms with van der Waals surface area (Å²) in [4.78, 5) is 0. The third-order valence-electron chi connectivity index (χ3n) is 1.34. The molecule has 0 aromatic carbocycles. The summed E-state index contributed by atoms with van der Waals surface area (Å²) in [6.07, 6.45) is 4.26. The molecule has 0 aliphatic heterocycles. The SMILES string of the molecule is Br.Br.CCP(CC)CC. The van der Waals surface area contributed by atoms with E-state index in [9.17, 15) is 0 Å². The van der Waals surface area contributed by atoms with Crippen LogP contribution in [0.5, 0.6) is 0 Å². The van der Waals surface area contributed by atoms with Crippen molar-refractivity contribution in [2.75, 3.05) is 18.5 Å². The number of hydrogen-bond acceptors (Lipinski definition) is 0. The Morgan fingerprint density at radius 3 is 1.00 bits per heavy atom. The van der Waals surface area contributed by atoms with E-state index in [4.69, 9.17) is 0 Å². The summed E-state index contributed by atoms with van der Waals surface area (Å²) in [5.41, 5.74) is 0. The first-order valence-corrected chi connectivity index (χ1v) is 4.97. The Hall–Kier alpha value is 1.39. The van der Waals surface area contributed by atoms with E-state index >= 15 is 0 Å². The highest BCUT2D eigenvalue weighted by Gasteiger charge is 1.94. The van der Waals surface area contributed by atoms with Gasteiger partial charge in [-0.05, 0) is 18.5 Å². The second-order valence-electron chi connectivity index (χ2n) is 1.62. The minimum atomic E-state index is 0. The monoisotopic (exact) mass is 278 g/mol. The Kier molecular flexibility index (Phi) is 22.6. The average Bonchev–Trinajstić information content (AvgIpc) is 1.72. The second-order valence-corrected chi connectivity index (χ2v) is 4.86. The van der Waals surface area contributed by atoms with Gasteiger partial charge in [0.25, 0.3) is 0 Å². The molecule has 0 saturated carbocycles. The number of rotatable bonds is 3. The first-order valence-electron chi connectivity index (χ1n) is 3.07. The van der Waals surface area contributed by atoms with Gasteiger partial charge in [0.15, 0.2) is 0 Å². The molecule has 0 spiro atoms. The highest BCUT2D eigenvalue weighted by atomic mass is 79.9. The topological polar surface area (TPSA) is 0 Å². The van der Waals surface area contributed by atoms with E-state index in [1.54, 1.807) is 0 Å². The minimum absolute atomic E-state index is 0. The normalized spacial score (nSPS) is 8.00. The van der Waals surface area contributed by atoms with Crippen LogP contribution < -0.4 is 0 Å². The van der Waals surface area contributed by atoms with Crippen molar-refractivity contribution in [2.45, 2.75) is 20.8 Å². The molecule has 0 aromatic heterocycles. The number of hydrogen-bond donors (Lipinski definition) is 0. The Balaban J connectivity index is -0.000000180. The van der Waals surface area contributed by atoms with Crippen molar-refractivity contribution in [3.8, 4) is 0 Å². The molecule has 0 radical (unpaired) electrons. The molecule has 3 heteroatoms. The van der Waals surface area contributed by atoms with Crippen molar-refractivity contribution in [2.24, 2.45) is 0 Å². The van der Waals surface area contributed by atoms with Crippen molar-refractivity contribution in [1.29, 1.82) is 0 Å².